The van der Waals surface area contributed by atoms with Crippen molar-refractivity contribution in [2.45, 2.75) is 45.2 Å². The average molecular weight is 239 g/mol. The highest BCUT2D eigenvalue weighted by Gasteiger charge is 2.24. The summed E-state index contributed by atoms with van der Waals surface area (Å²) in [6.07, 6.45) is 3.46. The summed E-state index contributed by atoms with van der Waals surface area (Å²) in [5, 5.41) is 4.30. The number of aryl methyl sites for hydroxylation is 2. The maximum absolute atomic E-state index is 6.26. The first-order valence-corrected chi connectivity index (χ1v) is 6.24. The Kier molecular flexibility index (Phi) is 3.41. The molecule has 1 aromatic carbocycles. The maximum Gasteiger partial charge on any atom is 0.0642 e. The number of benzene rings is 1. The third-order valence-electron chi connectivity index (χ3n) is 3.33. The molecule has 0 saturated heterocycles. The Morgan fingerprint density at radius 2 is 2.06 bits per heavy atom. The van der Waals surface area contributed by atoms with Crippen molar-refractivity contribution in [1.29, 1.82) is 0 Å². The van der Waals surface area contributed by atoms with Crippen LogP contribution in [0.25, 0.3) is 0 Å². The highest BCUT2D eigenvalue weighted by Crippen LogP contribution is 2.30. The number of nitrogens with two attached hydrogens (primary N) is 1. The van der Waals surface area contributed by atoms with E-state index in [0.717, 1.165) is 23.6 Å². The van der Waals surface area contributed by atoms with E-state index in [4.69, 9.17) is 17.3 Å². The molecular formula is C13H19ClN2. The molecule has 0 radical (unpaired) electrons. The van der Waals surface area contributed by atoms with Gasteiger partial charge in [0.1, 0.15) is 0 Å². The van der Waals surface area contributed by atoms with Gasteiger partial charge in [-0.3, -0.25) is 0 Å². The van der Waals surface area contributed by atoms with E-state index in [9.17, 15) is 0 Å². The van der Waals surface area contributed by atoms with E-state index in [2.05, 4.69) is 25.2 Å². The molecule has 0 spiro atoms. The van der Waals surface area contributed by atoms with E-state index < -0.39 is 0 Å². The second-order valence-corrected chi connectivity index (χ2v) is 5.19. The van der Waals surface area contributed by atoms with Crippen LogP contribution in [-0.4, -0.2) is 12.1 Å². The fourth-order valence-electron chi connectivity index (χ4n) is 2.45. The second kappa shape index (κ2) is 4.64. The lowest BCUT2D eigenvalue weighted by atomic mass is 10.1. The van der Waals surface area contributed by atoms with Crippen molar-refractivity contribution in [1.82, 2.24) is 0 Å². The first kappa shape index (κ1) is 11.7. The molecule has 1 saturated carbocycles. The highest BCUT2D eigenvalue weighted by molar-refractivity contribution is 6.33. The standard InChI is InChI=1S/C13H19ClN2/c1-8-6-9(2)13(10(14)7-8)16-12-5-3-4-11(12)15/h6-7,11-12,16H,3-5,15H2,1-2H3. The normalized spacial score (nSPS) is 24.8. The van der Waals surface area contributed by atoms with E-state index in [1.165, 1.54) is 17.5 Å². The van der Waals surface area contributed by atoms with Gasteiger partial charge in [0.2, 0.25) is 0 Å². The Balaban J connectivity index is 2.21. The molecule has 16 heavy (non-hydrogen) atoms. The van der Waals surface area contributed by atoms with E-state index in [0.29, 0.717) is 6.04 Å². The first-order valence-electron chi connectivity index (χ1n) is 5.87. The molecule has 2 unspecified atom stereocenters. The summed E-state index contributed by atoms with van der Waals surface area (Å²) in [6.45, 7) is 4.14. The minimum absolute atomic E-state index is 0.261. The lowest BCUT2D eigenvalue weighted by molar-refractivity contribution is 0.637. The molecule has 3 heteroatoms. The fraction of sp³-hybridized carbons (Fsp3) is 0.538. The SMILES string of the molecule is Cc1cc(C)c(NC2CCCC2N)c(Cl)c1. The van der Waals surface area contributed by atoms with Crippen LogP contribution in [0.2, 0.25) is 5.02 Å². The number of halogens is 1. The molecule has 1 aliphatic carbocycles. The Bertz CT molecular complexity index is 367. The van der Waals surface area contributed by atoms with Gasteiger partial charge in [0.25, 0.3) is 0 Å². The van der Waals surface area contributed by atoms with E-state index in [1.54, 1.807) is 0 Å². The summed E-state index contributed by atoms with van der Waals surface area (Å²) >= 11 is 6.26. The molecule has 88 valence electrons. The smallest absolute Gasteiger partial charge is 0.0642 e. The Labute approximate surface area is 102 Å². The van der Waals surface area contributed by atoms with E-state index in [-0.39, 0.29) is 6.04 Å². The molecule has 1 fully saturated rings. The monoisotopic (exact) mass is 238 g/mol. The molecule has 1 aliphatic rings. The van der Waals surface area contributed by atoms with Gasteiger partial charge in [0.15, 0.2) is 0 Å². The van der Waals surface area contributed by atoms with Crippen LogP contribution in [-0.2, 0) is 0 Å². The summed E-state index contributed by atoms with van der Waals surface area (Å²) in [7, 11) is 0. The van der Waals surface area contributed by atoms with Gasteiger partial charge in [-0.05, 0) is 50.3 Å². The van der Waals surface area contributed by atoms with Crippen LogP contribution in [0, 0.1) is 13.8 Å². The van der Waals surface area contributed by atoms with Gasteiger partial charge >= 0.3 is 0 Å². The number of nitrogens with one attached hydrogen (secondary N) is 1. The minimum Gasteiger partial charge on any atom is -0.379 e. The van der Waals surface area contributed by atoms with Crippen LogP contribution in [0.4, 0.5) is 5.69 Å². The zero-order valence-electron chi connectivity index (χ0n) is 9.89. The summed E-state index contributed by atoms with van der Waals surface area (Å²) in [5.74, 6) is 0. The van der Waals surface area contributed by atoms with Crippen LogP contribution >= 0.6 is 11.6 Å². The largest absolute Gasteiger partial charge is 0.379 e. The van der Waals surface area contributed by atoms with Gasteiger partial charge in [0, 0.05) is 12.1 Å². The fourth-order valence-corrected chi connectivity index (χ4v) is 2.83. The van der Waals surface area contributed by atoms with Crippen LogP contribution in [0.1, 0.15) is 30.4 Å². The molecule has 0 aromatic heterocycles. The van der Waals surface area contributed by atoms with Crippen molar-refractivity contribution in [2.24, 2.45) is 5.73 Å². The summed E-state index contributed by atoms with van der Waals surface area (Å²) in [6, 6.07) is 4.78. The molecule has 0 heterocycles. The Morgan fingerprint density at radius 1 is 1.31 bits per heavy atom. The maximum atomic E-state index is 6.26. The van der Waals surface area contributed by atoms with Crippen LogP contribution in [0.3, 0.4) is 0 Å². The first-order chi connectivity index (χ1) is 7.58. The third-order valence-corrected chi connectivity index (χ3v) is 3.63. The Morgan fingerprint density at radius 3 is 2.62 bits per heavy atom. The number of hydrogen-bond donors (Lipinski definition) is 2. The zero-order valence-corrected chi connectivity index (χ0v) is 10.6. The van der Waals surface area contributed by atoms with Crippen molar-refractivity contribution < 1.29 is 0 Å². The second-order valence-electron chi connectivity index (χ2n) is 4.78. The minimum atomic E-state index is 0.261. The van der Waals surface area contributed by atoms with Crippen molar-refractivity contribution in [2.75, 3.05) is 5.32 Å². The number of hydrogen-bond acceptors (Lipinski definition) is 2. The lowest BCUT2D eigenvalue weighted by Crippen LogP contribution is -2.35. The molecule has 2 nitrogen and oxygen atoms in total. The molecule has 2 atom stereocenters. The van der Waals surface area contributed by atoms with Crippen LogP contribution < -0.4 is 11.1 Å². The number of rotatable bonds is 2. The van der Waals surface area contributed by atoms with Crippen LogP contribution in [0.5, 0.6) is 0 Å². The summed E-state index contributed by atoms with van der Waals surface area (Å²) in [5.41, 5.74) is 9.50. The molecular weight excluding hydrogens is 220 g/mol. The van der Waals surface area contributed by atoms with Crippen molar-refractivity contribution >= 4 is 17.3 Å². The van der Waals surface area contributed by atoms with Gasteiger partial charge in [-0.1, -0.05) is 17.7 Å². The predicted octanol–water partition coefficient (Wildman–Crippen LogP) is 3.25. The lowest BCUT2D eigenvalue weighted by Gasteiger charge is -2.21. The molecule has 2 rings (SSSR count). The Hall–Kier alpha value is -0.730. The van der Waals surface area contributed by atoms with Gasteiger partial charge in [-0.25, -0.2) is 0 Å². The van der Waals surface area contributed by atoms with Gasteiger partial charge in [-0.2, -0.15) is 0 Å². The van der Waals surface area contributed by atoms with Crippen molar-refractivity contribution in [3.05, 3.63) is 28.3 Å². The average Bonchev–Trinajstić information content (AvgIpc) is 2.57. The predicted molar refractivity (Wildman–Crippen MR) is 70.2 cm³/mol. The quantitative estimate of drug-likeness (QED) is 0.830. The van der Waals surface area contributed by atoms with Gasteiger partial charge in [0.05, 0.1) is 10.7 Å². The molecule has 1 aromatic rings. The van der Waals surface area contributed by atoms with Crippen molar-refractivity contribution in [3.8, 4) is 0 Å². The molecule has 0 amide bonds. The summed E-state index contributed by atoms with van der Waals surface area (Å²) < 4.78 is 0. The number of anilines is 1. The molecule has 0 aliphatic heterocycles. The van der Waals surface area contributed by atoms with E-state index in [1.807, 2.05) is 6.07 Å². The van der Waals surface area contributed by atoms with Crippen LogP contribution in [0.15, 0.2) is 12.1 Å². The topological polar surface area (TPSA) is 38.0 Å². The highest BCUT2D eigenvalue weighted by atomic mass is 35.5. The van der Waals surface area contributed by atoms with E-state index >= 15 is 0 Å². The van der Waals surface area contributed by atoms with Crippen molar-refractivity contribution in [3.63, 3.8) is 0 Å². The molecule has 0 bridgehead atoms. The zero-order chi connectivity index (χ0) is 11.7. The van der Waals surface area contributed by atoms with Gasteiger partial charge < -0.3 is 11.1 Å². The summed E-state index contributed by atoms with van der Waals surface area (Å²) in [4.78, 5) is 0. The third kappa shape index (κ3) is 2.33. The van der Waals surface area contributed by atoms with Gasteiger partial charge in [-0.15, -0.1) is 0 Å². The molecule has 3 N–H and O–H groups in total.